The van der Waals surface area contributed by atoms with Crippen molar-refractivity contribution in [2.75, 3.05) is 13.3 Å². The second-order valence-electron chi connectivity index (χ2n) is 3.21. The number of aliphatic carboxylic acids is 1. The minimum absolute atomic E-state index is 0.00969. The van der Waals surface area contributed by atoms with Gasteiger partial charge in [0.15, 0.2) is 0 Å². The molecule has 0 saturated carbocycles. The summed E-state index contributed by atoms with van der Waals surface area (Å²) in [6.45, 7) is 1.30. The van der Waals surface area contributed by atoms with Gasteiger partial charge in [0.1, 0.15) is 19.0 Å². The highest BCUT2D eigenvalue weighted by Gasteiger charge is 2.04. The Kier molecular flexibility index (Phi) is 4.09. The van der Waals surface area contributed by atoms with E-state index < -0.39 is 12.6 Å². The molecule has 0 spiro atoms. The Labute approximate surface area is 87.5 Å². The SMILES string of the molecule is Cc1cc(CC(=O)O)ccc1OCCF. The van der Waals surface area contributed by atoms with Crippen LogP contribution in [0.5, 0.6) is 5.75 Å². The van der Waals surface area contributed by atoms with Crippen molar-refractivity contribution in [2.24, 2.45) is 0 Å². The third kappa shape index (κ3) is 3.58. The van der Waals surface area contributed by atoms with Crippen molar-refractivity contribution in [1.29, 1.82) is 0 Å². The lowest BCUT2D eigenvalue weighted by atomic mass is 10.1. The fourth-order valence-corrected chi connectivity index (χ4v) is 1.31. The van der Waals surface area contributed by atoms with E-state index in [1.54, 1.807) is 25.1 Å². The zero-order valence-corrected chi connectivity index (χ0v) is 8.50. The van der Waals surface area contributed by atoms with Crippen molar-refractivity contribution in [1.82, 2.24) is 0 Å². The molecule has 0 unspecified atom stereocenters. The molecule has 0 bridgehead atoms. The molecule has 0 fully saturated rings. The zero-order valence-electron chi connectivity index (χ0n) is 8.50. The lowest BCUT2D eigenvalue weighted by molar-refractivity contribution is -0.136. The standard InChI is InChI=1S/C11H13FO3/c1-8-6-9(7-11(13)14)2-3-10(8)15-5-4-12/h2-3,6H,4-5,7H2,1H3,(H,13,14). The number of hydrogen-bond donors (Lipinski definition) is 1. The van der Waals surface area contributed by atoms with Crippen LogP contribution in [0.25, 0.3) is 0 Å². The molecular formula is C11H13FO3. The van der Waals surface area contributed by atoms with E-state index in [1.807, 2.05) is 0 Å². The lowest BCUT2D eigenvalue weighted by Gasteiger charge is -2.08. The highest BCUT2D eigenvalue weighted by Crippen LogP contribution is 2.19. The van der Waals surface area contributed by atoms with Gasteiger partial charge in [0, 0.05) is 0 Å². The van der Waals surface area contributed by atoms with Gasteiger partial charge in [0.2, 0.25) is 0 Å². The van der Waals surface area contributed by atoms with Gasteiger partial charge in [-0.05, 0) is 24.1 Å². The van der Waals surface area contributed by atoms with Crippen LogP contribution in [-0.4, -0.2) is 24.4 Å². The minimum Gasteiger partial charge on any atom is -0.491 e. The molecular weight excluding hydrogens is 199 g/mol. The zero-order chi connectivity index (χ0) is 11.3. The number of ether oxygens (including phenoxy) is 1. The van der Waals surface area contributed by atoms with Crippen LogP contribution in [-0.2, 0) is 11.2 Å². The number of carboxylic acid groups (broad SMARTS) is 1. The molecule has 1 aromatic carbocycles. The number of halogens is 1. The van der Waals surface area contributed by atoms with Crippen LogP contribution in [0.3, 0.4) is 0 Å². The summed E-state index contributed by atoms with van der Waals surface area (Å²) < 4.78 is 17.0. The Hall–Kier alpha value is -1.58. The molecule has 1 aromatic rings. The molecule has 3 nitrogen and oxygen atoms in total. The van der Waals surface area contributed by atoms with E-state index in [-0.39, 0.29) is 13.0 Å². The number of benzene rings is 1. The largest absolute Gasteiger partial charge is 0.491 e. The summed E-state index contributed by atoms with van der Waals surface area (Å²) in [7, 11) is 0. The predicted molar refractivity (Wildman–Crippen MR) is 54.0 cm³/mol. The summed E-state index contributed by atoms with van der Waals surface area (Å²) in [5, 5.41) is 8.59. The molecule has 0 aromatic heterocycles. The van der Waals surface area contributed by atoms with Gasteiger partial charge >= 0.3 is 5.97 Å². The molecule has 1 N–H and O–H groups in total. The fourth-order valence-electron chi connectivity index (χ4n) is 1.31. The van der Waals surface area contributed by atoms with Crippen LogP contribution < -0.4 is 4.74 Å². The van der Waals surface area contributed by atoms with Crippen LogP contribution in [0.15, 0.2) is 18.2 Å². The molecule has 1 rings (SSSR count). The predicted octanol–water partition coefficient (Wildman–Crippen LogP) is 1.97. The van der Waals surface area contributed by atoms with Crippen LogP contribution in [0.1, 0.15) is 11.1 Å². The number of hydrogen-bond acceptors (Lipinski definition) is 2. The summed E-state index contributed by atoms with van der Waals surface area (Å²) in [6.07, 6.45) is -0.00969. The Morgan fingerprint density at radius 1 is 1.53 bits per heavy atom. The highest BCUT2D eigenvalue weighted by atomic mass is 19.1. The quantitative estimate of drug-likeness (QED) is 0.811. The molecule has 4 heteroatoms. The first-order chi connectivity index (χ1) is 7.13. The van der Waals surface area contributed by atoms with Gasteiger partial charge in [-0.2, -0.15) is 0 Å². The number of rotatable bonds is 5. The number of alkyl halides is 1. The van der Waals surface area contributed by atoms with E-state index in [0.717, 1.165) is 5.56 Å². The van der Waals surface area contributed by atoms with Gasteiger partial charge in [-0.15, -0.1) is 0 Å². The molecule has 0 aliphatic carbocycles. The van der Waals surface area contributed by atoms with E-state index in [1.165, 1.54) is 0 Å². The normalized spacial score (nSPS) is 10.0. The summed E-state index contributed by atoms with van der Waals surface area (Å²) in [5.74, 6) is -0.270. The van der Waals surface area contributed by atoms with E-state index in [4.69, 9.17) is 9.84 Å². The van der Waals surface area contributed by atoms with Gasteiger partial charge in [-0.1, -0.05) is 12.1 Å². The molecule has 0 amide bonds. The molecule has 82 valence electrons. The average molecular weight is 212 g/mol. The van der Waals surface area contributed by atoms with Crippen molar-refractivity contribution in [2.45, 2.75) is 13.3 Å². The van der Waals surface area contributed by atoms with Crippen LogP contribution >= 0.6 is 0 Å². The fraction of sp³-hybridized carbons (Fsp3) is 0.364. The van der Waals surface area contributed by atoms with Crippen molar-refractivity contribution >= 4 is 5.97 Å². The Morgan fingerprint density at radius 2 is 2.27 bits per heavy atom. The molecule has 0 atom stereocenters. The summed E-state index contributed by atoms with van der Waals surface area (Å²) in [5.41, 5.74) is 1.54. The maximum atomic E-state index is 11.9. The smallest absolute Gasteiger partial charge is 0.307 e. The number of aryl methyl sites for hydroxylation is 1. The van der Waals surface area contributed by atoms with Gasteiger partial charge in [-0.25, -0.2) is 4.39 Å². The summed E-state index contributed by atoms with van der Waals surface area (Å²) >= 11 is 0. The van der Waals surface area contributed by atoms with E-state index >= 15 is 0 Å². The monoisotopic (exact) mass is 212 g/mol. The van der Waals surface area contributed by atoms with Crippen LogP contribution in [0, 0.1) is 6.92 Å². The first-order valence-corrected chi connectivity index (χ1v) is 4.63. The molecule has 15 heavy (non-hydrogen) atoms. The lowest BCUT2D eigenvalue weighted by Crippen LogP contribution is -2.03. The van der Waals surface area contributed by atoms with Gasteiger partial charge in [0.05, 0.1) is 6.42 Å². The third-order valence-electron chi connectivity index (χ3n) is 1.93. The molecule has 0 saturated heterocycles. The summed E-state index contributed by atoms with van der Waals surface area (Å²) in [6, 6.07) is 5.08. The van der Waals surface area contributed by atoms with E-state index in [9.17, 15) is 9.18 Å². The topological polar surface area (TPSA) is 46.5 Å². The molecule has 0 aliphatic rings. The van der Waals surface area contributed by atoms with Crippen LogP contribution in [0.4, 0.5) is 4.39 Å². The van der Waals surface area contributed by atoms with Crippen molar-refractivity contribution in [3.05, 3.63) is 29.3 Å². The van der Waals surface area contributed by atoms with Crippen molar-refractivity contribution in [3.8, 4) is 5.75 Å². The maximum Gasteiger partial charge on any atom is 0.307 e. The van der Waals surface area contributed by atoms with Crippen LogP contribution in [0.2, 0.25) is 0 Å². The van der Waals surface area contributed by atoms with Gasteiger partial charge < -0.3 is 9.84 Å². The van der Waals surface area contributed by atoms with Gasteiger partial charge in [-0.3, -0.25) is 4.79 Å². The van der Waals surface area contributed by atoms with Crippen molar-refractivity contribution < 1.29 is 19.0 Å². The number of carboxylic acids is 1. The Bertz CT molecular complexity index is 350. The third-order valence-corrected chi connectivity index (χ3v) is 1.93. The summed E-state index contributed by atoms with van der Waals surface area (Å²) in [4.78, 5) is 10.5. The first kappa shape index (κ1) is 11.5. The second kappa shape index (κ2) is 5.34. The first-order valence-electron chi connectivity index (χ1n) is 4.63. The van der Waals surface area contributed by atoms with E-state index in [0.29, 0.717) is 11.3 Å². The molecule has 0 radical (unpaired) electrons. The molecule has 0 aliphatic heterocycles. The Balaban J connectivity index is 2.74. The average Bonchev–Trinajstić information content (AvgIpc) is 2.15. The second-order valence-corrected chi connectivity index (χ2v) is 3.21. The number of carbonyl (C=O) groups is 1. The maximum absolute atomic E-state index is 11.9. The van der Waals surface area contributed by atoms with Crippen molar-refractivity contribution in [3.63, 3.8) is 0 Å². The van der Waals surface area contributed by atoms with Gasteiger partial charge in [0.25, 0.3) is 0 Å². The molecule has 0 heterocycles. The Morgan fingerprint density at radius 3 is 2.80 bits per heavy atom. The highest BCUT2D eigenvalue weighted by molar-refractivity contribution is 5.70. The van der Waals surface area contributed by atoms with E-state index in [2.05, 4.69) is 0 Å². The minimum atomic E-state index is -0.869.